The summed E-state index contributed by atoms with van der Waals surface area (Å²) in [6.07, 6.45) is 4.05. The zero-order valence-corrected chi connectivity index (χ0v) is 11.9. The van der Waals surface area contributed by atoms with Gasteiger partial charge < -0.3 is 4.74 Å². The second-order valence-corrected chi connectivity index (χ2v) is 5.25. The van der Waals surface area contributed by atoms with E-state index in [1.165, 1.54) is 18.4 Å². The Morgan fingerprint density at radius 2 is 2.21 bits per heavy atom. The van der Waals surface area contributed by atoms with Crippen molar-refractivity contribution in [1.82, 2.24) is 4.98 Å². The Kier molecular flexibility index (Phi) is 4.71. The molecular weight excluding hydrogens is 282 g/mol. The fraction of sp³-hybridized carbons (Fsp3) is 0.143. The summed E-state index contributed by atoms with van der Waals surface area (Å²) in [4.78, 5) is 15.5. The van der Waals surface area contributed by atoms with E-state index in [-0.39, 0.29) is 12.4 Å². The summed E-state index contributed by atoms with van der Waals surface area (Å²) in [6.45, 7) is 0. The number of carbonyl (C=O) groups is 1. The molecule has 0 aliphatic heterocycles. The molecule has 2 aromatic rings. The van der Waals surface area contributed by atoms with Crippen LogP contribution in [0, 0.1) is 0 Å². The van der Waals surface area contributed by atoms with Crippen molar-refractivity contribution in [3.8, 4) is 0 Å². The van der Waals surface area contributed by atoms with Gasteiger partial charge in [0.15, 0.2) is 4.47 Å². The molecule has 0 atom stereocenters. The van der Waals surface area contributed by atoms with E-state index < -0.39 is 0 Å². The summed E-state index contributed by atoms with van der Waals surface area (Å²) in [5.74, 6) is -0.252. The van der Waals surface area contributed by atoms with Gasteiger partial charge >= 0.3 is 5.97 Å². The molecule has 0 unspecified atom stereocenters. The average molecular weight is 294 g/mol. The van der Waals surface area contributed by atoms with E-state index >= 15 is 0 Å². The average Bonchev–Trinajstić information content (AvgIpc) is 2.83. The Labute approximate surface area is 120 Å². The van der Waals surface area contributed by atoms with E-state index in [4.69, 9.17) is 11.6 Å². The number of halogens is 1. The van der Waals surface area contributed by atoms with Crippen LogP contribution in [-0.2, 0) is 16.0 Å². The SMILES string of the molecule is COC(=O)Cc1ccccc1C=Cc1csc(Cl)n1. The summed E-state index contributed by atoms with van der Waals surface area (Å²) in [5, 5.41) is 1.88. The summed E-state index contributed by atoms with van der Waals surface area (Å²) in [7, 11) is 1.39. The van der Waals surface area contributed by atoms with Gasteiger partial charge in [-0.3, -0.25) is 4.79 Å². The lowest BCUT2D eigenvalue weighted by atomic mass is 10.0. The van der Waals surface area contributed by atoms with Crippen molar-refractivity contribution in [3.63, 3.8) is 0 Å². The van der Waals surface area contributed by atoms with Crippen LogP contribution in [0.25, 0.3) is 12.2 Å². The lowest BCUT2D eigenvalue weighted by Crippen LogP contribution is -2.05. The quantitative estimate of drug-likeness (QED) is 0.807. The summed E-state index contributed by atoms with van der Waals surface area (Å²) >= 11 is 7.16. The van der Waals surface area contributed by atoms with Gasteiger partial charge in [0.25, 0.3) is 0 Å². The minimum atomic E-state index is -0.252. The Morgan fingerprint density at radius 1 is 1.42 bits per heavy atom. The molecule has 98 valence electrons. The van der Waals surface area contributed by atoms with Gasteiger partial charge in [0.2, 0.25) is 0 Å². The molecule has 0 spiro atoms. The normalized spacial score (nSPS) is 10.8. The number of methoxy groups -OCH3 is 1. The molecule has 2 rings (SSSR count). The second kappa shape index (κ2) is 6.50. The number of esters is 1. The minimum absolute atomic E-state index is 0.252. The van der Waals surface area contributed by atoms with Crippen LogP contribution in [0.2, 0.25) is 4.47 Å². The van der Waals surface area contributed by atoms with Crippen LogP contribution in [0.5, 0.6) is 0 Å². The van der Waals surface area contributed by atoms with Crippen LogP contribution in [0.3, 0.4) is 0 Å². The fourth-order valence-electron chi connectivity index (χ4n) is 1.60. The van der Waals surface area contributed by atoms with Gasteiger partial charge in [-0.15, -0.1) is 11.3 Å². The van der Waals surface area contributed by atoms with E-state index in [0.717, 1.165) is 16.8 Å². The standard InChI is InChI=1S/C14H12ClNO2S/c1-18-13(17)8-11-5-3-2-4-10(11)6-7-12-9-19-14(15)16-12/h2-7,9H,8H2,1H3. The first-order valence-corrected chi connectivity index (χ1v) is 6.88. The lowest BCUT2D eigenvalue weighted by molar-refractivity contribution is -0.139. The van der Waals surface area contributed by atoms with Crippen molar-refractivity contribution in [2.24, 2.45) is 0 Å². The Balaban J connectivity index is 2.20. The van der Waals surface area contributed by atoms with Crippen LogP contribution < -0.4 is 0 Å². The van der Waals surface area contributed by atoms with Crippen molar-refractivity contribution in [2.45, 2.75) is 6.42 Å². The third kappa shape index (κ3) is 3.91. The molecule has 0 amide bonds. The van der Waals surface area contributed by atoms with Crippen molar-refractivity contribution in [1.29, 1.82) is 0 Å². The molecule has 0 aliphatic carbocycles. The van der Waals surface area contributed by atoms with E-state index in [2.05, 4.69) is 9.72 Å². The molecule has 5 heteroatoms. The van der Waals surface area contributed by atoms with Crippen LogP contribution in [-0.4, -0.2) is 18.1 Å². The molecule has 0 saturated heterocycles. The molecule has 0 fully saturated rings. The highest BCUT2D eigenvalue weighted by Gasteiger charge is 2.05. The topological polar surface area (TPSA) is 39.2 Å². The van der Waals surface area contributed by atoms with E-state index in [1.807, 2.05) is 41.8 Å². The smallest absolute Gasteiger partial charge is 0.309 e. The maximum atomic E-state index is 11.3. The highest BCUT2D eigenvalue weighted by Crippen LogP contribution is 2.18. The Hall–Kier alpha value is -1.65. The molecule has 0 N–H and O–H groups in total. The molecule has 19 heavy (non-hydrogen) atoms. The number of hydrogen-bond donors (Lipinski definition) is 0. The van der Waals surface area contributed by atoms with E-state index in [0.29, 0.717) is 4.47 Å². The molecule has 1 aromatic carbocycles. The number of ether oxygens (including phenoxy) is 1. The van der Waals surface area contributed by atoms with Crippen molar-refractivity contribution >= 4 is 41.1 Å². The van der Waals surface area contributed by atoms with Gasteiger partial charge in [0, 0.05) is 5.38 Å². The maximum Gasteiger partial charge on any atom is 0.309 e. The van der Waals surface area contributed by atoms with Gasteiger partial charge in [-0.25, -0.2) is 4.98 Å². The van der Waals surface area contributed by atoms with Crippen molar-refractivity contribution in [2.75, 3.05) is 7.11 Å². The van der Waals surface area contributed by atoms with E-state index in [1.54, 1.807) is 0 Å². The second-order valence-electron chi connectivity index (χ2n) is 3.81. The molecule has 1 aromatic heterocycles. The molecule has 3 nitrogen and oxygen atoms in total. The van der Waals surface area contributed by atoms with Gasteiger partial charge in [-0.2, -0.15) is 0 Å². The Bertz CT molecular complexity index is 607. The fourth-order valence-corrected chi connectivity index (χ4v) is 2.34. The predicted molar refractivity (Wildman–Crippen MR) is 78.2 cm³/mol. The number of aromatic nitrogens is 1. The zero-order valence-electron chi connectivity index (χ0n) is 10.3. The number of thiazole rings is 1. The molecular formula is C14H12ClNO2S. The van der Waals surface area contributed by atoms with Crippen molar-refractivity contribution in [3.05, 3.63) is 50.9 Å². The third-order valence-electron chi connectivity index (χ3n) is 2.55. The first-order chi connectivity index (χ1) is 9.19. The molecule has 0 aliphatic rings. The van der Waals surface area contributed by atoms with Crippen LogP contribution in [0.1, 0.15) is 16.8 Å². The molecule has 1 heterocycles. The highest BCUT2D eigenvalue weighted by atomic mass is 35.5. The van der Waals surface area contributed by atoms with Gasteiger partial charge in [-0.05, 0) is 17.2 Å². The molecule has 0 saturated carbocycles. The lowest BCUT2D eigenvalue weighted by Gasteiger charge is -2.04. The predicted octanol–water partition coefficient (Wildman–Crippen LogP) is 3.68. The van der Waals surface area contributed by atoms with Crippen molar-refractivity contribution < 1.29 is 9.53 Å². The van der Waals surface area contributed by atoms with Crippen LogP contribution in [0.15, 0.2) is 29.6 Å². The molecule has 0 radical (unpaired) electrons. The summed E-state index contributed by atoms with van der Waals surface area (Å²) in [6, 6.07) is 7.68. The monoisotopic (exact) mass is 293 g/mol. The third-order valence-corrected chi connectivity index (χ3v) is 3.54. The summed E-state index contributed by atoms with van der Waals surface area (Å²) < 4.78 is 5.20. The first-order valence-electron chi connectivity index (χ1n) is 5.63. The largest absolute Gasteiger partial charge is 0.469 e. The first kappa shape index (κ1) is 13.8. The van der Waals surface area contributed by atoms with Gasteiger partial charge in [0.05, 0.1) is 19.2 Å². The van der Waals surface area contributed by atoms with Crippen LogP contribution >= 0.6 is 22.9 Å². The zero-order chi connectivity index (χ0) is 13.7. The number of carbonyl (C=O) groups excluding carboxylic acids is 1. The highest BCUT2D eigenvalue weighted by molar-refractivity contribution is 7.14. The number of hydrogen-bond acceptors (Lipinski definition) is 4. The van der Waals surface area contributed by atoms with Crippen LogP contribution in [0.4, 0.5) is 0 Å². The Morgan fingerprint density at radius 3 is 2.89 bits per heavy atom. The number of benzene rings is 1. The maximum absolute atomic E-state index is 11.3. The molecule has 0 bridgehead atoms. The minimum Gasteiger partial charge on any atom is -0.469 e. The number of rotatable bonds is 4. The van der Waals surface area contributed by atoms with Gasteiger partial charge in [-0.1, -0.05) is 41.9 Å². The number of nitrogens with zero attached hydrogens (tertiary/aromatic N) is 1. The summed E-state index contributed by atoms with van der Waals surface area (Å²) in [5.41, 5.74) is 2.70. The van der Waals surface area contributed by atoms with E-state index in [9.17, 15) is 4.79 Å². The van der Waals surface area contributed by atoms with Gasteiger partial charge in [0.1, 0.15) is 0 Å².